The minimum Gasteiger partial charge on any atom is -0.399 e. The molecule has 2 aliphatic rings. The molecule has 3 heteroatoms. The summed E-state index contributed by atoms with van der Waals surface area (Å²) < 4.78 is 0. The maximum absolute atomic E-state index is 11.7. The van der Waals surface area contributed by atoms with Crippen LogP contribution in [0.1, 0.15) is 36.4 Å². The number of hydrogen-bond acceptors (Lipinski definition) is 2. The predicted molar refractivity (Wildman–Crippen MR) is 62.8 cm³/mol. The van der Waals surface area contributed by atoms with E-state index in [1.54, 1.807) is 0 Å². The van der Waals surface area contributed by atoms with Crippen LogP contribution >= 0.6 is 0 Å². The maximum Gasteiger partial charge on any atom is 0.223 e. The van der Waals surface area contributed by atoms with Crippen molar-refractivity contribution in [3.05, 3.63) is 29.3 Å². The van der Waals surface area contributed by atoms with E-state index in [1.165, 1.54) is 11.1 Å². The minimum absolute atomic E-state index is 0.212. The molecule has 1 atom stereocenters. The number of hydrogen-bond donors (Lipinski definition) is 2. The Morgan fingerprint density at radius 3 is 2.88 bits per heavy atom. The Labute approximate surface area is 95.0 Å². The lowest BCUT2D eigenvalue weighted by Crippen LogP contribution is -2.28. The Morgan fingerprint density at radius 1 is 1.31 bits per heavy atom. The number of aryl methyl sites for hydroxylation is 1. The Balaban J connectivity index is 1.77. The van der Waals surface area contributed by atoms with Gasteiger partial charge in [0.1, 0.15) is 0 Å². The van der Waals surface area contributed by atoms with Crippen molar-refractivity contribution in [3.8, 4) is 0 Å². The second kappa shape index (κ2) is 3.51. The third-order valence-corrected chi connectivity index (χ3v) is 3.51. The second-order valence-corrected chi connectivity index (χ2v) is 4.83. The fourth-order valence-electron chi connectivity index (χ4n) is 2.42. The molecule has 3 rings (SSSR count). The molecule has 0 saturated heterocycles. The van der Waals surface area contributed by atoms with Gasteiger partial charge in [-0.2, -0.15) is 0 Å². The van der Waals surface area contributed by atoms with Crippen molar-refractivity contribution in [1.82, 2.24) is 5.32 Å². The van der Waals surface area contributed by atoms with Gasteiger partial charge in [-0.25, -0.2) is 0 Å². The molecule has 0 radical (unpaired) electrons. The SMILES string of the molecule is Nc1ccc2c(c1)CCC2NC(=O)C1CC1. The molecule has 1 amide bonds. The van der Waals surface area contributed by atoms with Gasteiger partial charge in [0.15, 0.2) is 0 Å². The van der Waals surface area contributed by atoms with Gasteiger partial charge in [-0.1, -0.05) is 6.07 Å². The van der Waals surface area contributed by atoms with Gasteiger partial charge in [0.05, 0.1) is 6.04 Å². The van der Waals surface area contributed by atoms with Crippen LogP contribution in [0.3, 0.4) is 0 Å². The molecule has 1 aromatic carbocycles. The summed E-state index contributed by atoms with van der Waals surface area (Å²) in [6, 6.07) is 6.21. The molecule has 3 N–H and O–H groups in total. The summed E-state index contributed by atoms with van der Waals surface area (Å²) in [5.41, 5.74) is 9.11. The summed E-state index contributed by atoms with van der Waals surface area (Å²) in [7, 11) is 0. The minimum atomic E-state index is 0.212. The lowest BCUT2D eigenvalue weighted by atomic mass is 10.1. The molecule has 1 saturated carbocycles. The highest BCUT2D eigenvalue weighted by Crippen LogP contribution is 2.35. The average Bonchev–Trinajstić information content (AvgIpc) is 3.03. The monoisotopic (exact) mass is 216 g/mol. The van der Waals surface area contributed by atoms with E-state index in [0.717, 1.165) is 31.4 Å². The van der Waals surface area contributed by atoms with E-state index in [4.69, 9.17) is 5.73 Å². The van der Waals surface area contributed by atoms with E-state index in [0.29, 0.717) is 0 Å². The number of benzene rings is 1. The number of anilines is 1. The van der Waals surface area contributed by atoms with Crippen LogP contribution in [0.15, 0.2) is 18.2 Å². The average molecular weight is 216 g/mol. The van der Waals surface area contributed by atoms with Gasteiger partial charge in [-0.15, -0.1) is 0 Å². The zero-order chi connectivity index (χ0) is 11.1. The summed E-state index contributed by atoms with van der Waals surface area (Å²) in [6.45, 7) is 0. The zero-order valence-electron chi connectivity index (χ0n) is 9.20. The molecule has 84 valence electrons. The standard InChI is InChI=1S/C13H16N2O/c14-10-4-5-11-9(7-10)3-6-12(11)15-13(16)8-1-2-8/h4-5,7-8,12H,1-3,6,14H2,(H,15,16). The number of fused-ring (bicyclic) bond motifs is 1. The van der Waals surface area contributed by atoms with Crippen molar-refractivity contribution < 1.29 is 4.79 Å². The number of rotatable bonds is 2. The lowest BCUT2D eigenvalue weighted by Gasteiger charge is -2.13. The molecule has 1 aromatic rings. The van der Waals surface area contributed by atoms with Crippen molar-refractivity contribution in [1.29, 1.82) is 0 Å². The molecule has 0 aliphatic heterocycles. The molecule has 3 nitrogen and oxygen atoms in total. The molecule has 16 heavy (non-hydrogen) atoms. The Hall–Kier alpha value is -1.51. The van der Waals surface area contributed by atoms with Gasteiger partial charge < -0.3 is 11.1 Å². The van der Waals surface area contributed by atoms with Crippen LogP contribution in [-0.4, -0.2) is 5.91 Å². The molecule has 2 aliphatic carbocycles. The van der Waals surface area contributed by atoms with Gasteiger partial charge in [-0.05, 0) is 48.9 Å². The van der Waals surface area contributed by atoms with Gasteiger partial charge >= 0.3 is 0 Å². The van der Waals surface area contributed by atoms with E-state index in [-0.39, 0.29) is 17.9 Å². The van der Waals surface area contributed by atoms with Crippen molar-refractivity contribution in [2.75, 3.05) is 5.73 Å². The number of carbonyl (C=O) groups excluding carboxylic acids is 1. The van der Waals surface area contributed by atoms with Crippen LogP contribution in [-0.2, 0) is 11.2 Å². The third kappa shape index (κ3) is 1.66. The molecule has 0 spiro atoms. The quantitative estimate of drug-likeness (QED) is 0.740. The number of nitrogen functional groups attached to an aromatic ring is 1. The summed E-state index contributed by atoms with van der Waals surface area (Å²) in [5.74, 6) is 0.521. The Bertz CT molecular complexity index is 438. The highest BCUT2D eigenvalue weighted by atomic mass is 16.2. The Morgan fingerprint density at radius 2 is 2.12 bits per heavy atom. The van der Waals surface area contributed by atoms with Crippen molar-refractivity contribution in [3.63, 3.8) is 0 Å². The number of amides is 1. The molecule has 1 fully saturated rings. The fourth-order valence-corrected chi connectivity index (χ4v) is 2.42. The fraction of sp³-hybridized carbons (Fsp3) is 0.462. The Kier molecular flexibility index (Phi) is 2.13. The lowest BCUT2D eigenvalue weighted by molar-refractivity contribution is -0.123. The summed E-state index contributed by atoms with van der Waals surface area (Å²) in [4.78, 5) is 11.7. The number of carbonyl (C=O) groups is 1. The maximum atomic E-state index is 11.7. The number of nitrogens with two attached hydrogens (primary N) is 1. The van der Waals surface area contributed by atoms with Crippen molar-refractivity contribution in [2.24, 2.45) is 5.92 Å². The number of nitrogens with one attached hydrogen (secondary N) is 1. The first-order valence-electron chi connectivity index (χ1n) is 5.93. The van der Waals surface area contributed by atoms with Crippen LogP contribution in [0.2, 0.25) is 0 Å². The van der Waals surface area contributed by atoms with Crippen LogP contribution in [0.25, 0.3) is 0 Å². The van der Waals surface area contributed by atoms with Crippen LogP contribution in [0.4, 0.5) is 5.69 Å². The summed E-state index contributed by atoms with van der Waals surface area (Å²) >= 11 is 0. The first-order chi connectivity index (χ1) is 7.74. The smallest absolute Gasteiger partial charge is 0.223 e. The molecule has 0 aromatic heterocycles. The van der Waals surface area contributed by atoms with Crippen molar-refractivity contribution >= 4 is 11.6 Å². The van der Waals surface area contributed by atoms with Crippen LogP contribution in [0, 0.1) is 5.92 Å². The van der Waals surface area contributed by atoms with Crippen molar-refractivity contribution in [2.45, 2.75) is 31.7 Å². The van der Waals surface area contributed by atoms with E-state index in [9.17, 15) is 4.79 Å². The third-order valence-electron chi connectivity index (χ3n) is 3.51. The largest absolute Gasteiger partial charge is 0.399 e. The van der Waals surface area contributed by atoms with Gasteiger partial charge in [0.2, 0.25) is 5.91 Å². The van der Waals surface area contributed by atoms with Gasteiger partial charge in [0.25, 0.3) is 0 Å². The first kappa shape index (κ1) is 9.70. The van der Waals surface area contributed by atoms with Crippen LogP contribution < -0.4 is 11.1 Å². The molecule has 0 heterocycles. The molecular weight excluding hydrogens is 200 g/mol. The highest BCUT2D eigenvalue weighted by molar-refractivity contribution is 5.81. The van der Waals surface area contributed by atoms with E-state index in [2.05, 4.69) is 11.4 Å². The van der Waals surface area contributed by atoms with Crippen LogP contribution in [0.5, 0.6) is 0 Å². The van der Waals surface area contributed by atoms with E-state index in [1.807, 2.05) is 12.1 Å². The zero-order valence-corrected chi connectivity index (χ0v) is 9.20. The molecule has 0 bridgehead atoms. The van der Waals surface area contributed by atoms with Gasteiger partial charge in [0, 0.05) is 11.6 Å². The highest BCUT2D eigenvalue weighted by Gasteiger charge is 2.32. The molecule has 1 unspecified atom stereocenters. The second-order valence-electron chi connectivity index (χ2n) is 4.83. The normalized spacial score (nSPS) is 22.9. The predicted octanol–water partition coefficient (Wildman–Crippen LogP) is 1.78. The molecular formula is C13H16N2O. The first-order valence-corrected chi connectivity index (χ1v) is 5.93. The summed E-state index contributed by atoms with van der Waals surface area (Å²) in [6.07, 6.45) is 4.16. The van der Waals surface area contributed by atoms with Gasteiger partial charge in [-0.3, -0.25) is 4.79 Å². The summed E-state index contributed by atoms with van der Waals surface area (Å²) in [5, 5.41) is 3.14. The van der Waals surface area contributed by atoms with E-state index < -0.39 is 0 Å². The van der Waals surface area contributed by atoms with E-state index >= 15 is 0 Å². The topological polar surface area (TPSA) is 55.1 Å².